The third kappa shape index (κ3) is 6.22. The van der Waals surface area contributed by atoms with Crippen molar-refractivity contribution in [3.8, 4) is 5.75 Å². The number of likely N-dealkylation sites (tertiary alicyclic amines) is 1. The largest absolute Gasteiger partial charge is 0.507 e. The highest BCUT2D eigenvalue weighted by atomic mass is 16.5. The van der Waals surface area contributed by atoms with E-state index >= 15 is 0 Å². The maximum absolute atomic E-state index is 13.3. The Kier molecular flexibility index (Phi) is 9.00. The van der Waals surface area contributed by atoms with Crippen LogP contribution in [0.5, 0.6) is 5.75 Å². The first-order valence-electron chi connectivity index (χ1n) is 13.3. The molecule has 4 rings (SSSR count). The normalized spacial score (nSPS) is 20.0. The van der Waals surface area contributed by atoms with Gasteiger partial charge in [0.2, 0.25) is 0 Å². The van der Waals surface area contributed by atoms with E-state index in [9.17, 15) is 14.7 Å². The van der Waals surface area contributed by atoms with Crippen molar-refractivity contribution in [2.75, 3.05) is 46.0 Å². The summed E-state index contributed by atoms with van der Waals surface area (Å²) < 4.78 is 11.3. The summed E-state index contributed by atoms with van der Waals surface area (Å²) in [7, 11) is 0. The molecular formula is C30H38N2O5. The van der Waals surface area contributed by atoms with E-state index in [0.29, 0.717) is 18.7 Å². The number of morpholine rings is 1. The highest BCUT2D eigenvalue weighted by Gasteiger charge is 2.45. The summed E-state index contributed by atoms with van der Waals surface area (Å²) in [5.41, 5.74) is 3.41. The third-order valence-electron chi connectivity index (χ3n) is 7.11. The van der Waals surface area contributed by atoms with Gasteiger partial charge in [-0.1, -0.05) is 43.2 Å². The smallest absolute Gasteiger partial charge is 0.295 e. The van der Waals surface area contributed by atoms with Crippen molar-refractivity contribution in [1.29, 1.82) is 0 Å². The number of carbonyl (C=O) groups excluding carboxylic acids is 2. The Morgan fingerprint density at radius 1 is 1.03 bits per heavy atom. The molecule has 2 heterocycles. The molecule has 1 unspecified atom stereocenters. The van der Waals surface area contributed by atoms with Crippen molar-refractivity contribution in [3.05, 3.63) is 70.3 Å². The lowest BCUT2D eigenvalue weighted by atomic mass is 9.94. The average Bonchev–Trinajstić information content (AvgIpc) is 3.15. The van der Waals surface area contributed by atoms with Gasteiger partial charge in [0.15, 0.2) is 0 Å². The minimum atomic E-state index is -0.643. The molecular weight excluding hydrogens is 468 g/mol. The molecule has 2 saturated heterocycles. The van der Waals surface area contributed by atoms with Crippen LogP contribution in [0.3, 0.4) is 0 Å². The number of benzene rings is 2. The van der Waals surface area contributed by atoms with Crippen LogP contribution in [0.1, 0.15) is 54.5 Å². The van der Waals surface area contributed by atoms with E-state index in [2.05, 4.69) is 11.8 Å². The number of nitrogens with zero attached hydrogens (tertiary/aromatic N) is 2. The van der Waals surface area contributed by atoms with Crippen LogP contribution in [0.25, 0.3) is 5.76 Å². The van der Waals surface area contributed by atoms with Crippen molar-refractivity contribution in [2.24, 2.45) is 0 Å². The highest BCUT2D eigenvalue weighted by Crippen LogP contribution is 2.40. The van der Waals surface area contributed by atoms with E-state index in [-0.39, 0.29) is 11.3 Å². The summed E-state index contributed by atoms with van der Waals surface area (Å²) >= 11 is 0. The summed E-state index contributed by atoms with van der Waals surface area (Å²) in [6.07, 6.45) is 2.74. The third-order valence-corrected chi connectivity index (χ3v) is 7.11. The molecule has 37 heavy (non-hydrogen) atoms. The van der Waals surface area contributed by atoms with Crippen LogP contribution in [0.2, 0.25) is 0 Å². The summed E-state index contributed by atoms with van der Waals surface area (Å²) in [5.74, 6) is -0.604. The molecule has 0 saturated carbocycles. The molecule has 2 fully saturated rings. The molecule has 0 bridgehead atoms. The Hall–Kier alpha value is -3.16. The van der Waals surface area contributed by atoms with E-state index in [1.165, 1.54) is 0 Å². The highest BCUT2D eigenvalue weighted by molar-refractivity contribution is 6.46. The lowest BCUT2D eigenvalue weighted by molar-refractivity contribution is -0.140. The van der Waals surface area contributed by atoms with Crippen LogP contribution < -0.4 is 4.74 Å². The number of hydrogen-bond acceptors (Lipinski definition) is 6. The van der Waals surface area contributed by atoms with Crippen LogP contribution >= 0.6 is 0 Å². The molecule has 1 amide bonds. The van der Waals surface area contributed by atoms with Gasteiger partial charge in [-0.3, -0.25) is 14.5 Å². The number of Topliss-reactive ketones (excluding diaryl/α,β-unsaturated/α-hetero) is 1. The fraction of sp³-hybridized carbons (Fsp3) is 0.467. The van der Waals surface area contributed by atoms with Crippen molar-refractivity contribution >= 4 is 17.4 Å². The Morgan fingerprint density at radius 2 is 1.76 bits per heavy atom. The zero-order valence-electron chi connectivity index (χ0n) is 22.2. The molecule has 2 aromatic carbocycles. The number of aryl methyl sites for hydroxylation is 2. The predicted octanol–water partition coefficient (Wildman–Crippen LogP) is 4.63. The number of aliphatic hydroxyl groups is 1. The zero-order valence-corrected chi connectivity index (χ0v) is 22.2. The molecule has 0 radical (unpaired) electrons. The van der Waals surface area contributed by atoms with Gasteiger partial charge in [0.25, 0.3) is 11.7 Å². The van der Waals surface area contributed by atoms with E-state index in [0.717, 1.165) is 74.6 Å². The number of unbranched alkanes of at least 4 members (excludes halogenated alkanes) is 1. The Bertz CT molecular complexity index is 1140. The Balaban J connectivity index is 1.64. The second kappa shape index (κ2) is 12.4. The van der Waals surface area contributed by atoms with Crippen molar-refractivity contribution < 1.29 is 24.2 Å². The average molecular weight is 507 g/mol. The van der Waals surface area contributed by atoms with Gasteiger partial charge < -0.3 is 19.5 Å². The summed E-state index contributed by atoms with van der Waals surface area (Å²) in [4.78, 5) is 30.5. The van der Waals surface area contributed by atoms with Gasteiger partial charge in [-0.15, -0.1) is 0 Å². The molecule has 2 aliphatic heterocycles. The second-order valence-electron chi connectivity index (χ2n) is 9.89. The first-order valence-corrected chi connectivity index (χ1v) is 13.3. The maximum atomic E-state index is 13.3. The quantitative estimate of drug-likeness (QED) is 0.219. The van der Waals surface area contributed by atoms with Gasteiger partial charge in [-0.25, -0.2) is 0 Å². The molecule has 198 valence electrons. The van der Waals surface area contributed by atoms with Gasteiger partial charge in [0, 0.05) is 31.7 Å². The topological polar surface area (TPSA) is 79.3 Å². The van der Waals surface area contributed by atoms with Crippen molar-refractivity contribution in [2.45, 2.75) is 46.1 Å². The molecule has 7 nitrogen and oxygen atoms in total. The van der Waals surface area contributed by atoms with E-state index in [1.54, 1.807) is 11.0 Å². The minimum absolute atomic E-state index is 0.138. The number of carbonyl (C=O) groups is 2. The minimum Gasteiger partial charge on any atom is -0.507 e. The standard InChI is InChI=1S/C30H38N2O5/c1-4-5-17-37-25-12-11-24(20-22(25)3)28(33)26-27(23-9-7-21(2)8-10-23)32(30(35)29(26)34)14-6-13-31-15-18-36-19-16-31/h7-12,20,27,33H,4-6,13-19H2,1-3H3/b28-26+. The van der Waals surface area contributed by atoms with E-state index in [1.807, 2.05) is 50.2 Å². The summed E-state index contributed by atoms with van der Waals surface area (Å²) in [5, 5.41) is 11.4. The Labute approximate surface area is 219 Å². The van der Waals surface area contributed by atoms with E-state index < -0.39 is 17.7 Å². The van der Waals surface area contributed by atoms with Gasteiger partial charge in [0.1, 0.15) is 11.5 Å². The monoisotopic (exact) mass is 506 g/mol. The lowest BCUT2D eigenvalue weighted by Gasteiger charge is -2.29. The second-order valence-corrected chi connectivity index (χ2v) is 9.89. The van der Waals surface area contributed by atoms with Crippen LogP contribution in [-0.2, 0) is 14.3 Å². The van der Waals surface area contributed by atoms with Crippen LogP contribution in [0.15, 0.2) is 48.0 Å². The lowest BCUT2D eigenvalue weighted by Crippen LogP contribution is -2.38. The molecule has 0 aliphatic carbocycles. The maximum Gasteiger partial charge on any atom is 0.295 e. The Morgan fingerprint density at radius 3 is 2.43 bits per heavy atom. The molecule has 2 aliphatic rings. The van der Waals surface area contributed by atoms with E-state index in [4.69, 9.17) is 9.47 Å². The number of amides is 1. The predicted molar refractivity (Wildman–Crippen MR) is 144 cm³/mol. The fourth-order valence-corrected chi connectivity index (χ4v) is 4.94. The van der Waals surface area contributed by atoms with Gasteiger partial charge in [0.05, 0.1) is 31.4 Å². The molecule has 1 N–H and O–H groups in total. The van der Waals surface area contributed by atoms with Crippen LogP contribution in [0, 0.1) is 13.8 Å². The number of ether oxygens (including phenoxy) is 2. The molecule has 2 aromatic rings. The number of rotatable bonds is 10. The van der Waals surface area contributed by atoms with Crippen molar-refractivity contribution in [1.82, 2.24) is 9.80 Å². The number of hydrogen-bond donors (Lipinski definition) is 1. The fourth-order valence-electron chi connectivity index (χ4n) is 4.94. The molecule has 7 heteroatoms. The molecule has 0 aromatic heterocycles. The van der Waals surface area contributed by atoms with Gasteiger partial charge in [-0.2, -0.15) is 0 Å². The molecule has 0 spiro atoms. The summed E-state index contributed by atoms with van der Waals surface area (Å²) in [6.45, 7) is 11.1. The SMILES string of the molecule is CCCCOc1ccc(/C(O)=C2\C(=O)C(=O)N(CCCN3CCOCC3)C2c2ccc(C)cc2)cc1C. The van der Waals surface area contributed by atoms with Gasteiger partial charge >= 0.3 is 0 Å². The first kappa shape index (κ1) is 26.9. The first-order chi connectivity index (χ1) is 17.9. The molecule has 1 atom stereocenters. The van der Waals surface area contributed by atoms with Crippen LogP contribution in [-0.4, -0.2) is 72.6 Å². The summed E-state index contributed by atoms with van der Waals surface area (Å²) in [6, 6.07) is 12.6. The van der Waals surface area contributed by atoms with Crippen LogP contribution in [0.4, 0.5) is 0 Å². The van der Waals surface area contributed by atoms with Crippen molar-refractivity contribution in [3.63, 3.8) is 0 Å². The van der Waals surface area contributed by atoms with Gasteiger partial charge in [-0.05, 0) is 56.0 Å². The number of aliphatic hydroxyl groups excluding tert-OH is 1. The zero-order chi connectivity index (χ0) is 26.4. The number of ketones is 1.